The van der Waals surface area contributed by atoms with Gasteiger partial charge in [-0.2, -0.15) is 12.2 Å². The maximum Gasteiger partial charge on any atom is 2.00 e. The minimum absolute atomic E-state index is 0. The normalized spacial score (nSPS) is 24.6. The monoisotopic (exact) mass is 624 g/mol. The maximum atomic E-state index is 6.24. The third-order valence-electron chi connectivity index (χ3n) is 6.70. The Kier molecular flexibility index (Phi) is 20.1. The Labute approximate surface area is 274 Å². The van der Waals surface area contributed by atoms with E-state index in [-0.39, 0.29) is 91.7 Å². The first kappa shape index (κ1) is 40.0. The summed E-state index contributed by atoms with van der Waals surface area (Å²) in [7, 11) is 0. The average Bonchev–Trinajstić information content (AvgIpc) is 3.46. The molecule has 38 heavy (non-hydrogen) atoms. The first-order chi connectivity index (χ1) is 16.2. The molecule has 0 aliphatic heterocycles. The van der Waals surface area contributed by atoms with E-state index in [2.05, 4.69) is 114 Å². The SMILES string of the molecule is CC1=CC=CCC1(CC1=[C-]CC=C1)OC(C)C.CC1=CC=CCC1(CC1=[C-]CC=C1)OC(C)C.[Cl-].[Cl-].[Ti+2].[Ti+2]. The van der Waals surface area contributed by atoms with Crippen LogP contribution in [0.2, 0.25) is 0 Å². The number of ether oxygens (including phenoxy) is 2. The fraction of sp³-hybridized carbons (Fsp3) is 0.500. The van der Waals surface area contributed by atoms with Gasteiger partial charge in [-0.1, -0.05) is 36.5 Å². The van der Waals surface area contributed by atoms with Gasteiger partial charge in [-0.15, -0.1) is 12.8 Å². The molecule has 4 rings (SSSR count). The molecule has 2 unspecified atom stereocenters. The molecule has 4 aliphatic rings. The molecule has 0 aromatic carbocycles. The molecule has 0 radical (unpaired) electrons. The van der Waals surface area contributed by atoms with Crippen LogP contribution >= 0.6 is 0 Å². The van der Waals surface area contributed by atoms with E-state index in [0.29, 0.717) is 0 Å². The number of allylic oxidation sites excluding steroid dienone is 10. The standard InChI is InChI=1S/2C16H21O.2ClH.2Ti/c2*1-13(2)17-16(11-7-6-8-14(16)3)12-15-9-4-5-10-15;;;;/h2*4,6-9,13H,5,11-12H2,1-3H3;2*1H;;/q2*-1;;;2*+2/p-2. The van der Waals surface area contributed by atoms with Gasteiger partial charge in [-0.3, -0.25) is 12.2 Å². The molecule has 0 bridgehead atoms. The summed E-state index contributed by atoms with van der Waals surface area (Å²) >= 11 is 0. The molecule has 6 heteroatoms. The minimum Gasteiger partial charge on any atom is -1.00 e. The van der Waals surface area contributed by atoms with Crippen LogP contribution in [0.4, 0.5) is 0 Å². The molecule has 0 N–H and O–H groups in total. The number of halogens is 2. The first-order valence-electron chi connectivity index (χ1n) is 12.8. The molecule has 204 valence electrons. The number of hydrogen-bond donors (Lipinski definition) is 0. The van der Waals surface area contributed by atoms with Crippen LogP contribution in [-0.2, 0) is 52.9 Å². The van der Waals surface area contributed by atoms with Crippen LogP contribution in [0.1, 0.15) is 80.1 Å². The molecular formula is C32H42Cl2O2Ti2. The van der Waals surface area contributed by atoms with E-state index in [1.165, 1.54) is 22.3 Å². The van der Waals surface area contributed by atoms with Crippen LogP contribution in [0.25, 0.3) is 0 Å². The van der Waals surface area contributed by atoms with Crippen molar-refractivity contribution in [3.8, 4) is 0 Å². The molecule has 0 amide bonds. The van der Waals surface area contributed by atoms with Gasteiger partial charge in [0, 0.05) is 0 Å². The fourth-order valence-electron chi connectivity index (χ4n) is 5.02. The summed E-state index contributed by atoms with van der Waals surface area (Å²) in [6, 6.07) is 0. The number of rotatable bonds is 8. The predicted octanol–water partition coefficient (Wildman–Crippen LogP) is 2.27. The molecule has 0 spiro atoms. The van der Waals surface area contributed by atoms with Crippen molar-refractivity contribution in [1.82, 2.24) is 0 Å². The summed E-state index contributed by atoms with van der Waals surface area (Å²) in [6.45, 7) is 12.8. The second-order valence-electron chi connectivity index (χ2n) is 10.3. The van der Waals surface area contributed by atoms with Gasteiger partial charge in [0.1, 0.15) is 0 Å². The van der Waals surface area contributed by atoms with Crippen LogP contribution in [0.3, 0.4) is 0 Å². The molecular weight excluding hydrogens is 583 g/mol. The Morgan fingerprint density at radius 2 is 1.05 bits per heavy atom. The van der Waals surface area contributed by atoms with Crippen molar-refractivity contribution < 1.29 is 77.7 Å². The van der Waals surface area contributed by atoms with Crippen molar-refractivity contribution in [2.75, 3.05) is 0 Å². The molecule has 0 aromatic heterocycles. The van der Waals surface area contributed by atoms with Crippen molar-refractivity contribution in [3.05, 3.63) is 95.2 Å². The maximum absolute atomic E-state index is 6.24. The van der Waals surface area contributed by atoms with Crippen molar-refractivity contribution in [3.63, 3.8) is 0 Å². The molecule has 2 atom stereocenters. The zero-order valence-corrected chi connectivity index (χ0v) is 28.4. The van der Waals surface area contributed by atoms with E-state index in [9.17, 15) is 0 Å². The Hall–Kier alpha value is -0.151. The fourth-order valence-corrected chi connectivity index (χ4v) is 5.02. The second kappa shape index (κ2) is 19.1. The van der Waals surface area contributed by atoms with Gasteiger partial charge in [-0.05, 0) is 78.4 Å². The molecule has 4 aliphatic carbocycles. The van der Waals surface area contributed by atoms with Crippen LogP contribution in [0.5, 0.6) is 0 Å². The van der Waals surface area contributed by atoms with Gasteiger partial charge < -0.3 is 34.3 Å². The molecule has 0 fully saturated rings. The third-order valence-corrected chi connectivity index (χ3v) is 6.70. The van der Waals surface area contributed by atoms with Crippen molar-refractivity contribution in [2.45, 2.75) is 103 Å². The van der Waals surface area contributed by atoms with Crippen LogP contribution in [0, 0.1) is 12.2 Å². The summed E-state index contributed by atoms with van der Waals surface area (Å²) in [5, 5.41) is 0. The smallest absolute Gasteiger partial charge is 1.00 e. The van der Waals surface area contributed by atoms with E-state index < -0.39 is 0 Å². The molecule has 0 heterocycles. The van der Waals surface area contributed by atoms with Gasteiger partial charge in [0.2, 0.25) is 0 Å². The van der Waals surface area contributed by atoms with Gasteiger partial charge in [0.25, 0.3) is 0 Å². The van der Waals surface area contributed by atoms with Crippen LogP contribution in [-0.4, -0.2) is 23.4 Å². The second-order valence-corrected chi connectivity index (χ2v) is 10.3. The zero-order valence-electron chi connectivity index (χ0n) is 23.7. The van der Waals surface area contributed by atoms with E-state index in [4.69, 9.17) is 9.47 Å². The summed E-state index contributed by atoms with van der Waals surface area (Å²) in [6.07, 6.45) is 34.7. The predicted molar refractivity (Wildman–Crippen MR) is 143 cm³/mol. The van der Waals surface area contributed by atoms with Gasteiger partial charge in [0.15, 0.2) is 0 Å². The Bertz CT molecular complexity index is 892. The molecule has 0 saturated carbocycles. The van der Waals surface area contributed by atoms with E-state index in [1.54, 1.807) is 0 Å². The van der Waals surface area contributed by atoms with Crippen molar-refractivity contribution in [1.29, 1.82) is 0 Å². The Morgan fingerprint density at radius 1 is 0.684 bits per heavy atom. The molecule has 2 nitrogen and oxygen atoms in total. The van der Waals surface area contributed by atoms with Crippen LogP contribution in [0.15, 0.2) is 83.1 Å². The quantitative estimate of drug-likeness (QED) is 0.305. The molecule has 0 aromatic rings. The van der Waals surface area contributed by atoms with Gasteiger partial charge >= 0.3 is 43.4 Å². The zero-order chi connectivity index (χ0) is 24.6. The Balaban J connectivity index is 0. The summed E-state index contributed by atoms with van der Waals surface area (Å²) < 4.78 is 12.5. The van der Waals surface area contributed by atoms with Crippen LogP contribution < -0.4 is 24.8 Å². The van der Waals surface area contributed by atoms with Crippen molar-refractivity contribution in [2.24, 2.45) is 0 Å². The Morgan fingerprint density at radius 3 is 1.32 bits per heavy atom. The van der Waals surface area contributed by atoms with E-state index in [1.807, 2.05) is 0 Å². The van der Waals surface area contributed by atoms with E-state index >= 15 is 0 Å². The number of hydrogen-bond acceptors (Lipinski definition) is 2. The summed E-state index contributed by atoms with van der Waals surface area (Å²) in [5.74, 6) is 0. The van der Waals surface area contributed by atoms with E-state index in [0.717, 1.165) is 38.5 Å². The van der Waals surface area contributed by atoms with Crippen molar-refractivity contribution >= 4 is 0 Å². The summed E-state index contributed by atoms with van der Waals surface area (Å²) in [5.41, 5.74) is 4.91. The summed E-state index contributed by atoms with van der Waals surface area (Å²) in [4.78, 5) is 0. The molecule has 0 saturated heterocycles. The first-order valence-corrected chi connectivity index (χ1v) is 12.8. The average molecular weight is 625 g/mol. The topological polar surface area (TPSA) is 18.5 Å². The van der Waals surface area contributed by atoms with Gasteiger partial charge in [-0.25, -0.2) is 23.3 Å². The minimum atomic E-state index is -0.153. The van der Waals surface area contributed by atoms with Gasteiger partial charge in [0.05, 0.1) is 23.4 Å². The third kappa shape index (κ3) is 11.4. The largest absolute Gasteiger partial charge is 2.00 e.